The van der Waals surface area contributed by atoms with Crippen LogP contribution in [0.25, 0.3) is 0 Å². The van der Waals surface area contributed by atoms with Crippen molar-refractivity contribution in [2.24, 2.45) is 0 Å². The Bertz CT molecular complexity index is 1150. The summed E-state index contributed by atoms with van der Waals surface area (Å²) in [5.74, 6) is 1.26. The molecule has 0 unspecified atom stereocenters. The molecule has 1 atom stereocenters. The molecule has 0 bridgehead atoms. The van der Waals surface area contributed by atoms with E-state index in [4.69, 9.17) is 14.2 Å². The molecule has 0 saturated heterocycles. The second-order valence-electron chi connectivity index (χ2n) is 8.21. The van der Waals surface area contributed by atoms with Crippen molar-refractivity contribution in [3.63, 3.8) is 0 Å². The molecule has 6 nitrogen and oxygen atoms in total. The van der Waals surface area contributed by atoms with Crippen LogP contribution in [0.15, 0.2) is 48.5 Å². The van der Waals surface area contributed by atoms with Crippen LogP contribution in [0, 0.1) is 0 Å². The standard InChI is InChI=1S/C27H29NO5/c1-4-33-27(30)26-22(13-8-17-6-5-7-21(14-17)32-3)25-23(28-26)15-19(16-24(25)29)18-9-11-20(31-2)12-10-18/h5-7,9-12,14,19,28H,4,8,13,15-16H2,1-3H3/t19-/m0/s1. The topological polar surface area (TPSA) is 77.6 Å². The zero-order valence-electron chi connectivity index (χ0n) is 19.3. The molecule has 0 saturated carbocycles. The summed E-state index contributed by atoms with van der Waals surface area (Å²) in [5, 5.41) is 0. The molecule has 1 N–H and O–H groups in total. The number of methoxy groups -OCH3 is 2. The molecule has 0 fully saturated rings. The molecule has 3 aromatic rings. The highest BCUT2D eigenvalue weighted by Crippen LogP contribution is 2.36. The van der Waals surface area contributed by atoms with E-state index in [9.17, 15) is 9.59 Å². The van der Waals surface area contributed by atoms with Gasteiger partial charge in [0.1, 0.15) is 17.2 Å². The summed E-state index contributed by atoms with van der Waals surface area (Å²) in [6, 6.07) is 15.7. The molecule has 6 heteroatoms. The number of fused-ring (bicyclic) bond motifs is 1. The van der Waals surface area contributed by atoms with E-state index in [1.54, 1.807) is 21.1 Å². The van der Waals surface area contributed by atoms with Crippen molar-refractivity contribution in [1.29, 1.82) is 0 Å². The summed E-state index contributed by atoms with van der Waals surface area (Å²) in [6.07, 6.45) is 2.32. The van der Waals surface area contributed by atoms with Gasteiger partial charge < -0.3 is 19.2 Å². The predicted octanol–water partition coefficient (Wildman–Crippen LogP) is 4.91. The van der Waals surface area contributed by atoms with E-state index >= 15 is 0 Å². The van der Waals surface area contributed by atoms with Crippen LogP contribution in [0.5, 0.6) is 11.5 Å². The van der Waals surface area contributed by atoms with Gasteiger partial charge in [-0.15, -0.1) is 0 Å². The first kappa shape index (κ1) is 22.6. The number of carbonyl (C=O) groups is 2. The number of hydrogen-bond donors (Lipinski definition) is 1. The number of aromatic nitrogens is 1. The molecule has 4 rings (SSSR count). The zero-order valence-corrected chi connectivity index (χ0v) is 19.3. The lowest BCUT2D eigenvalue weighted by atomic mass is 9.80. The largest absolute Gasteiger partial charge is 0.497 e. The third-order valence-corrected chi connectivity index (χ3v) is 6.21. The summed E-state index contributed by atoms with van der Waals surface area (Å²) in [7, 11) is 3.27. The first-order valence-electron chi connectivity index (χ1n) is 11.2. The Labute approximate surface area is 193 Å². The van der Waals surface area contributed by atoms with Crippen molar-refractivity contribution in [1.82, 2.24) is 4.98 Å². The van der Waals surface area contributed by atoms with Gasteiger partial charge in [0, 0.05) is 17.7 Å². The number of aryl methyl sites for hydroxylation is 1. The Hall–Kier alpha value is -3.54. The van der Waals surface area contributed by atoms with Crippen molar-refractivity contribution in [2.75, 3.05) is 20.8 Å². The molecule has 0 aliphatic heterocycles. The molecule has 1 heterocycles. The Kier molecular flexibility index (Phi) is 6.82. The maximum atomic E-state index is 13.3. The zero-order chi connectivity index (χ0) is 23.4. The number of rotatable bonds is 8. The Morgan fingerprint density at radius 2 is 1.76 bits per heavy atom. The van der Waals surface area contributed by atoms with Gasteiger partial charge in [-0.1, -0.05) is 24.3 Å². The van der Waals surface area contributed by atoms with Crippen molar-refractivity contribution in [3.05, 3.63) is 82.2 Å². The lowest BCUT2D eigenvalue weighted by Crippen LogP contribution is -2.19. The summed E-state index contributed by atoms with van der Waals surface area (Å²) in [4.78, 5) is 29.3. The number of Topliss-reactive ketones (excluding diaryl/α,β-unsaturated/α-hetero) is 1. The van der Waals surface area contributed by atoms with Crippen LogP contribution in [0.2, 0.25) is 0 Å². The van der Waals surface area contributed by atoms with Crippen LogP contribution in [0.3, 0.4) is 0 Å². The normalized spacial score (nSPS) is 15.1. The lowest BCUT2D eigenvalue weighted by Gasteiger charge is -2.22. The first-order valence-corrected chi connectivity index (χ1v) is 11.2. The number of ether oxygens (including phenoxy) is 3. The van der Waals surface area contributed by atoms with Gasteiger partial charge in [-0.25, -0.2) is 4.79 Å². The average molecular weight is 448 g/mol. The summed E-state index contributed by atoms with van der Waals surface area (Å²) >= 11 is 0. The van der Waals surface area contributed by atoms with Gasteiger partial charge in [0.2, 0.25) is 0 Å². The molecule has 172 valence electrons. The van der Waals surface area contributed by atoms with Crippen LogP contribution in [-0.4, -0.2) is 37.6 Å². The van der Waals surface area contributed by atoms with E-state index in [0.29, 0.717) is 36.9 Å². The van der Waals surface area contributed by atoms with Crippen molar-refractivity contribution >= 4 is 11.8 Å². The number of nitrogens with one attached hydrogen (secondary N) is 1. The third-order valence-electron chi connectivity index (χ3n) is 6.21. The molecule has 2 aromatic carbocycles. The molecular formula is C27H29NO5. The monoisotopic (exact) mass is 447 g/mol. The summed E-state index contributed by atoms with van der Waals surface area (Å²) < 4.78 is 15.9. The quantitative estimate of drug-likeness (QED) is 0.497. The highest BCUT2D eigenvalue weighted by molar-refractivity contribution is 6.04. The fraction of sp³-hybridized carbons (Fsp3) is 0.333. The Morgan fingerprint density at radius 3 is 2.45 bits per heavy atom. The Morgan fingerprint density at radius 1 is 1.00 bits per heavy atom. The van der Waals surface area contributed by atoms with E-state index in [1.165, 1.54) is 0 Å². The molecule has 33 heavy (non-hydrogen) atoms. The van der Waals surface area contributed by atoms with Gasteiger partial charge in [-0.3, -0.25) is 4.79 Å². The van der Waals surface area contributed by atoms with E-state index in [0.717, 1.165) is 33.9 Å². The third kappa shape index (κ3) is 4.80. The highest BCUT2D eigenvalue weighted by atomic mass is 16.5. The second-order valence-corrected chi connectivity index (χ2v) is 8.21. The average Bonchev–Trinajstić information content (AvgIpc) is 3.22. The van der Waals surface area contributed by atoms with E-state index in [2.05, 4.69) is 4.98 Å². The number of H-pyrrole nitrogens is 1. The lowest BCUT2D eigenvalue weighted by molar-refractivity contribution is 0.0518. The predicted molar refractivity (Wildman–Crippen MR) is 126 cm³/mol. The van der Waals surface area contributed by atoms with Crippen molar-refractivity contribution in [2.45, 2.75) is 38.5 Å². The molecule has 0 amide bonds. The fourth-order valence-electron chi connectivity index (χ4n) is 4.57. The highest BCUT2D eigenvalue weighted by Gasteiger charge is 2.33. The van der Waals surface area contributed by atoms with Gasteiger partial charge in [-0.05, 0) is 73.1 Å². The van der Waals surface area contributed by atoms with Crippen LogP contribution >= 0.6 is 0 Å². The fourth-order valence-corrected chi connectivity index (χ4v) is 4.57. The number of ketones is 1. The number of hydrogen-bond acceptors (Lipinski definition) is 5. The number of carbonyl (C=O) groups excluding carboxylic acids is 2. The maximum absolute atomic E-state index is 13.3. The van der Waals surface area contributed by atoms with Gasteiger partial charge in [0.15, 0.2) is 5.78 Å². The van der Waals surface area contributed by atoms with E-state index < -0.39 is 5.97 Å². The van der Waals surface area contributed by atoms with Gasteiger partial charge in [-0.2, -0.15) is 0 Å². The SMILES string of the molecule is CCOC(=O)c1[nH]c2c(c1CCc1cccc(OC)c1)C(=O)C[C@@H](c1ccc(OC)cc1)C2. The molecule has 0 spiro atoms. The van der Waals surface area contributed by atoms with Crippen LogP contribution in [-0.2, 0) is 24.0 Å². The number of esters is 1. The maximum Gasteiger partial charge on any atom is 0.355 e. The minimum Gasteiger partial charge on any atom is -0.497 e. The number of aromatic amines is 1. The van der Waals surface area contributed by atoms with Crippen LogP contribution in [0.4, 0.5) is 0 Å². The smallest absolute Gasteiger partial charge is 0.355 e. The molecular weight excluding hydrogens is 418 g/mol. The van der Waals surface area contributed by atoms with Crippen molar-refractivity contribution < 1.29 is 23.8 Å². The molecule has 1 aromatic heterocycles. The van der Waals surface area contributed by atoms with Crippen molar-refractivity contribution in [3.8, 4) is 11.5 Å². The van der Waals surface area contributed by atoms with Crippen LogP contribution < -0.4 is 9.47 Å². The summed E-state index contributed by atoms with van der Waals surface area (Å²) in [6.45, 7) is 2.06. The van der Waals surface area contributed by atoms with Gasteiger partial charge in [0.05, 0.1) is 20.8 Å². The van der Waals surface area contributed by atoms with Crippen LogP contribution in [0.1, 0.15) is 62.5 Å². The number of benzene rings is 2. The second kappa shape index (κ2) is 9.94. The van der Waals surface area contributed by atoms with E-state index in [1.807, 2.05) is 48.5 Å². The first-order chi connectivity index (χ1) is 16.0. The molecule has 1 aliphatic carbocycles. The molecule has 0 radical (unpaired) electrons. The minimum absolute atomic E-state index is 0.0517. The van der Waals surface area contributed by atoms with Gasteiger partial charge >= 0.3 is 5.97 Å². The van der Waals surface area contributed by atoms with Gasteiger partial charge in [0.25, 0.3) is 0 Å². The minimum atomic E-state index is -0.415. The van der Waals surface area contributed by atoms with E-state index in [-0.39, 0.29) is 18.3 Å². The molecule has 1 aliphatic rings. The summed E-state index contributed by atoms with van der Waals surface area (Å²) in [5.41, 5.74) is 4.79. The Balaban J connectivity index is 1.64.